The van der Waals surface area contributed by atoms with Crippen molar-refractivity contribution >= 4 is 81.4 Å². The summed E-state index contributed by atoms with van der Waals surface area (Å²) in [4.78, 5) is 15.7. The Labute approximate surface area is 321 Å². The zero-order valence-corrected chi connectivity index (χ0v) is 30.1. The van der Waals surface area contributed by atoms with Crippen molar-refractivity contribution in [2.24, 2.45) is 0 Å². The summed E-state index contributed by atoms with van der Waals surface area (Å²) in [5.41, 5.74) is 7.40. The average molecular weight is 714 g/mol. The molecule has 12 aromatic rings. The lowest BCUT2D eigenvalue weighted by molar-refractivity contribution is 0.955. The van der Waals surface area contributed by atoms with Crippen molar-refractivity contribution in [3.8, 4) is 28.7 Å². The molecule has 260 valence electrons. The monoisotopic (exact) mass is 713 g/mol. The van der Waals surface area contributed by atoms with Crippen LogP contribution in [0.1, 0.15) is 0 Å². The van der Waals surface area contributed by atoms with E-state index in [1.165, 1.54) is 37.7 Å². The molecule has 0 radical (unpaired) electrons. The second kappa shape index (κ2) is 11.9. The minimum atomic E-state index is 0.576. The zero-order chi connectivity index (χ0) is 36.7. The van der Waals surface area contributed by atoms with E-state index in [2.05, 4.69) is 161 Å². The van der Waals surface area contributed by atoms with Crippen LogP contribution in [0.25, 0.3) is 110 Å². The molecule has 8 aromatic carbocycles. The van der Waals surface area contributed by atoms with Gasteiger partial charge in [0, 0.05) is 43.4 Å². The van der Waals surface area contributed by atoms with Crippen LogP contribution < -0.4 is 0 Å². The molecule has 5 heteroatoms. The van der Waals surface area contributed by atoms with E-state index in [0.29, 0.717) is 17.6 Å². The summed E-state index contributed by atoms with van der Waals surface area (Å²) in [6, 6.07) is 66.9. The molecule has 56 heavy (non-hydrogen) atoms. The fourth-order valence-corrected chi connectivity index (χ4v) is 8.97. The molecule has 0 spiro atoms. The minimum Gasteiger partial charge on any atom is -0.308 e. The quantitative estimate of drug-likeness (QED) is 0.183. The van der Waals surface area contributed by atoms with Gasteiger partial charge in [0.15, 0.2) is 11.6 Å². The Morgan fingerprint density at radius 2 is 0.696 bits per heavy atom. The van der Waals surface area contributed by atoms with Crippen LogP contribution in [-0.4, -0.2) is 23.9 Å². The third-order valence-corrected chi connectivity index (χ3v) is 11.3. The fraction of sp³-hybridized carbons (Fsp3) is 0. The molecular weight excluding hydrogens is 683 g/mol. The number of hydrogen-bond donors (Lipinski definition) is 0. The Morgan fingerprint density at radius 3 is 1.27 bits per heavy atom. The highest BCUT2D eigenvalue weighted by Crippen LogP contribution is 2.45. The highest BCUT2D eigenvalue weighted by atomic mass is 15.2. The maximum atomic E-state index is 5.30. The molecule has 0 aliphatic carbocycles. The molecule has 0 aliphatic heterocycles. The molecule has 0 N–H and O–H groups in total. The van der Waals surface area contributed by atoms with Crippen molar-refractivity contribution in [1.29, 1.82) is 0 Å². The van der Waals surface area contributed by atoms with Crippen LogP contribution in [0.4, 0.5) is 0 Å². The highest BCUT2D eigenvalue weighted by molar-refractivity contribution is 6.34. The van der Waals surface area contributed by atoms with Crippen molar-refractivity contribution in [3.63, 3.8) is 0 Å². The number of rotatable bonds is 3. The van der Waals surface area contributed by atoms with Gasteiger partial charge in [0.05, 0.1) is 27.6 Å². The molecule has 0 amide bonds. The number of fused-ring (bicyclic) bond motifs is 14. The molecule has 12 rings (SSSR count). The van der Waals surface area contributed by atoms with Crippen molar-refractivity contribution in [1.82, 2.24) is 23.9 Å². The number of nitrogens with zero attached hydrogens (tertiary/aromatic N) is 5. The van der Waals surface area contributed by atoms with Gasteiger partial charge in [0.2, 0.25) is 5.95 Å². The van der Waals surface area contributed by atoms with Crippen LogP contribution >= 0.6 is 0 Å². The molecule has 5 nitrogen and oxygen atoms in total. The van der Waals surface area contributed by atoms with Gasteiger partial charge in [-0.1, -0.05) is 164 Å². The first-order valence-corrected chi connectivity index (χ1v) is 19.0. The van der Waals surface area contributed by atoms with Crippen LogP contribution in [-0.2, 0) is 0 Å². The largest absolute Gasteiger partial charge is 0.308 e. The third-order valence-electron chi connectivity index (χ3n) is 11.3. The number of para-hydroxylation sites is 3. The first-order chi connectivity index (χ1) is 27.8. The molecule has 4 heterocycles. The van der Waals surface area contributed by atoms with E-state index in [-0.39, 0.29) is 0 Å². The van der Waals surface area contributed by atoms with Crippen LogP contribution in [0.2, 0.25) is 0 Å². The van der Waals surface area contributed by atoms with Gasteiger partial charge in [-0.2, -0.15) is 9.97 Å². The van der Waals surface area contributed by atoms with Crippen LogP contribution in [0.5, 0.6) is 0 Å². The predicted molar refractivity (Wildman–Crippen MR) is 232 cm³/mol. The molecule has 0 aliphatic rings. The van der Waals surface area contributed by atoms with E-state index in [4.69, 9.17) is 15.0 Å². The van der Waals surface area contributed by atoms with Crippen molar-refractivity contribution in [2.45, 2.75) is 0 Å². The normalized spacial score (nSPS) is 11.9. The molecule has 0 saturated heterocycles. The van der Waals surface area contributed by atoms with Gasteiger partial charge in [-0.15, -0.1) is 0 Å². The summed E-state index contributed by atoms with van der Waals surface area (Å²) in [7, 11) is 0. The second-order valence-electron chi connectivity index (χ2n) is 14.4. The summed E-state index contributed by atoms with van der Waals surface area (Å²) in [5, 5.41) is 11.8. The minimum absolute atomic E-state index is 0.576. The third kappa shape index (κ3) is 4.39. The Morgan fingerprint density at radius 1 is 0.304 bits per heavy atom. The van der Waals surface area contributed by atoms with E-state index >= 15 is 0 Å². The summed E-state index contributed by atoms with van der Waals surface area (Å²) < 4.78 is 4.77. The van der Waals surface area contributed by atoms with Crippen LogP contribution in [0, 0.1) is 0 Å². The predicted octanol–water partition coefficient (Wildman–Crippen LogP) is 12.9. The Balaban J connectivity index is 1.38. The number of hydrogen-bond acceptors (Lipinski definition) is 3. The average Bonchev–Trinajstić information content (AvgIpc) is 3.80. The van der Waals surface area contributed by atoms with Crippen molar-refractivity contribution < 1.29 is 0 Å². The molecule has 0 unspecified atom stereocenters. The highest BCUT2D eigenvalue weighted by Gasteiger charge is 2.24. The summed E-state index contributed by atoms with van der Waals surface area (Å²) in [5.74, 6) is 1.83. The lowest BCUT2D eigenvalue weighted by Gasteiger charge is -2.12. The second-order valence-corrected chi connectivity index (χ2v) is 14.4. The molecule has 0 saturated carbocycles. The van der Waals surface area contributed by atoms with E-state index in [0.717, 1.165) is 54.9 Å². The smallest absolute Gasteiger partial charge is 0.238 e. The topological polar surface area (TPSA) is 48.0 Å². The molecule has 0 atom stereocenters. The molecule has 4 aromatic heterocycles. The number of benzene rings is 8. The van der Waals surface area contributed by atoms with Crippen LogP contribution in [0.3, 0.4) is 0 Å². The van der Waals surface area contributed by atoms with E-state index < -0.39 is 0 Å². The van der Waals surface area contributed by atoms with Gasteiger partial charge in [-0.25, -0.2) is 4.98 Å². The van der Waals surface area contributed by atoms with Gasteiger partial charge in [-0.05, 0) is 45.8 Å². The van der Waals surface area contributed by atoms with Crippen molar-refractivity contribution in [3.05, 3.63) is 188 Å². The first-order valence-electron chi connectivity index (χ1n) is 19.0. The van der Waals surface area contributed by atoms with Gasteiger partial charge >= 0.3 is 0 Å². The van der Waals surface area contributed by atoms with Gasteiger partial charge in [-0.3, -0.25) is 4.57 Å². The molecule has 0 fully saturated rings. The molecule has 0 bridgehead atoms. The van der Waals surface area contributed by atoms with Crippen molar-refractivity contribution in [2.75, 3.05) is 0 Å². The lowest BCUT2D eigenvalue weighted by Crippen LogP contribution is -2.06. The summed E-state index contributed by atoms with van der Waals surface area (Å²) >= 11 is 0. The van der Waals surface area contributed by atoms with Gasteiger partial charge < -0.3 is 4.40 Å². The van der Waals surface area contributed by atoms with Gasteiger partial charge in [0.1, 0.15) is 0 Å². The zero-order valence-electron chi connectivity index (χ0n) is 30.1. The standard InChI is InChI=1S/C51H31N5/c1-3-17-32(18-4-1)49-52-50(33-19-5-2-6-20-33)54-51(53-49)56-44-29-15-12-26-39(44)42-31-41-37-24-10-8-22-35(37)34-21-7-9-23-36(34)38-25-11-14-28-43(38)55-45-30-16-13-27-40(45)46(47(41)55)48(42)56/h1-31H. The number of aromatic nitrogens is 5. The maximum Gasteiger partial charge on any atom is 0.238 e. The Kier molecular flexibility index (Phi) is 6.56. The Hall–Kier alpha value is -7.63. The van der Waals surface area contributed by atoms with Crippen LogP contribution in [0.15, 0.2) is 188 Å². The van der Waals surface area contributed by atoms with E-state index in [1.807, 2.05) is 36.4 Å². The Bertz CT molecular complexity index is 3530. The summed E-state index contributed by atoms with van der Waals surface area (Å²) in [6.07, 6.45) is 0. The van der Waals surface area contributed by atoms with E-state index in [9.17, 15) is 0 Å². The van der Waals surface area contributed by atoms with E-state index in [1.54, 1.807) is 0 Å². The van der Waals surface area contributed by atoms with Gasteiger partial charge in [0.25, 0.3) is 0 Å². The fourth-order valence-electron chi connectivity index (χ4n) is 8.97. The summed E-state index contributed by atoms with van der Waals surface area (Å²) in [6.45, 7) is 0. The molecular formula is C51H31N5. The maximum absolute atomic E-state index is 5.30. The lowest BCUT2D eigenvalue weighted by atomic mass is 9.99. The first kappa shape index (κ1) is 30.8. The SMILES string of the molecule is c1ccc(-c2nc(-c3ccccc3)nc(-n3c4ccccc4c4cc5c6ccccc6c6ccccc6c6ccccc6n6c7ccccc7c(c43)c56)n2)cc1.